The molecule has 1 aromatic heterocycles. The van der Waals surface area contributed by atoms with Crippen LogP contribution in [0.15, 0.2) is 18.3 Å². The van der Waals surface area contributed by atoms with Crippen LogP contribution in [0.1, 0.15) is 24.8 Å². The van der Waals surface area contributed by atoms with E-state index in [4.69, 9.17) is 5.26 Å². The highest BCUT2D eigenvalue weighted by Crippen LogP contribution is 2.48. The molecule has 2 atom stereocenters. The third-order valence-electron chi connectivity index (χ3n) is 4.56. The maximum absolute atomic E-state index is 9.68. The molecule has 4 heteroatoms. The first-order valence-electron chi connectivity index (χ1n) is 6.49. The fourth-order valence-electron chi connectivity index (χ4n) is 3.49. The van der Waals surface area contributed by atoms with Crippen LogP contribution in [0.5, 0.6) is 0 Å². The van der Waals surface area contributed by atoms with Crippen molar-refractivity contribution in [3.8, 4) is 6.07 Å². The smallest absolute Gasteiger partial charge is 0.128 e. The van der Waals surface area contributed by atoms with Gasteiger partial charge in [-0.2, -0.15) is 5.26 Å². The van der Waals surface area contributed by atoms with Gasteiger partial charge >= 0.3 is 0 Å². The molecule has 0 spiro atoms. The van der Waals surface area contributed by atoms with Crippen LogP contribution in [0.3, 0.4) is 0 Å². The topological polar surface area (TPSA) is 60.2 Å². The fourth-order valence-corrected chi connectivity index (χ4v) is 3.49. The summed E-state index contributed by atoms with van der Waals surface area (Å²) in [4.78, 5) is 6.60. The van der Waals surface area contributed by atoms with Crippen molar-refractivity contribution in [2.45, 2.75) is 19.3 Å². The predicted molar refractivity (Wildman–Crippen MR) is 68.0 cm³/mol. The molecule has 0 amide bonds. The highest BCUT2D eigenvalue weighted by atomic mass is 16.3. The van der Waals surface area contributed by atoms with Crippen LogP contribution in [0.25, 0.3) is 0 Å². The molecule has 4 nitrogen and oxygen atoms in total. The van der Waals surface area contributed by atoms with Gasteiger partial charge in [-0.05, 0) is 30.9 Å². The molecule has 1 N–H and O–H groups in total. The Balaban J connectivity index is 1.81. The van der Waals surface area contributed by atoms with Crippen LogP contribution in [0.2, 0.25) is 0 Å². The van der Waals surface area contributed by atoms with Gasteiger partial charge in [-0.15, -0.1) is 0 Å². The highest BCUT2D eigenvalue weighted by molar-refractivity contribution is 5.44. The normalized spacial score (nSPS) is 30.2. The molecular weight excluding hydrogens is 226 g/mol. The number of rotatable bonds is 2. The Bertz CT molecular complexity index is 479. The summed E-state index contributed by atoms with van der Waals surface area (Å²) >= 11 is 0. The van der Waals surface area contributed by atoms with Gasteiger partial charge in [-0.1, -0.05) is 6.42 Å². The first kappa shape index (κ1) is 11.5. The Morgan fingerprint density at radius 3 is 3.06 bits per heavy atom. The van der Waals surface area contributed by atoms with E-state index in [1.165, 1.54) is 12.8 Å². The van der Waals surface area contributed by atoms with E-state index in [2.05, 4.69) is 16.0 Å². The second-order valence-electron chi connectivity index (χ2n) is 5.51. The van der Waals surface area contributed by atoms with E-state index < -0.39 is 0 Å². The maximum atomic E-state index is 9.68. The van der Waals surface area contributed by atoms with Crippen molar-refractivity contribution in [2.24, 2.45) is 11.3 Å². The van der Waals surface area contributed by atoms with Crippen LogP contribution in [0.4, 0.5) is 5.82 Å². The Hall–Kier alpha value is -1.60. The minimum Gasteiger partial charge on any atom is -0.396 e. The number of nitriles is 1. The molecule has 2 aliphatic rings. The van der Waals surface area contributed by atoms with Crippen LogP contribution in [-0.4, -0.2) is 29.8 Å². The van der Waals surface area contributed by atoms with Crippen LogP contribution in [0, 0.1) is 22.7 Å². The van der Waals surface area contributed by atoms with Crippen molar-refractivity contribution < 1.29 is 5.11 Å². The lowest BCUT2D eigenvalue weighted by atomic mass is 9.82. The Morgan fingerprint density at radius 2 is 2.44 bits per heavy atom. The standard InChI is InChI=1S/C14H17N3O/c15-6-11-3-4-13(16-7-11)17-8-12-2-1-5-14(12,9-17)10-18/h3-4,7,12,18H,1-2,5,8-10H2. The molecule has 0 bridgehead atoms. The first-order chi connectivity index (χ1) is 8.77. The van der Waals surface area contributed by atoms with Gasteiger partial charge < -0.3 is 10.0 Å². The number of fused-ring (bicyclic) bond motifs is 1. The molecule has 1 aliphatic carbocycles. The zero-order valence-corrected chi connectivity index (χ0v) is 10.3. The number of aliphatic hydroxyl groups excluding tert-OH is 1. The number of pyridine rings is 1. The van der Waals surface area contributed by atoms with Crippen molar-refractivity contribution in [3.63, 3.8) is 0 Å². The second kappa shape index (κ2) is 4.25. The summed E-state index contributed by atoms with van der Waals surface area (Å²) in [5.74, 6) is 1.52. The molecular formula is C14H17N3O. The predicted octanol–water partition coefficient (Wildman–Crippen LogP) is 1.55. The van der Waals surface area contributed by atoms with Gasteiger partial charge in [-0.25, -0.2) is 4.98 Å². The minimum atomic E-state index is 0.0928. The van der Waals surface area contributed by atoms with E-state index in [-0.39, 0.29) is 12.0 Å². The molecule has 1 aliphatic heterocycles. The summed E-state index contributed by atoms with van der Waals surface area (Å²) in [6.45, 7) is 2.16. The molecule has 94 valence electrons. The number of aromatic nitrogens is 1. The molecule has 3 rings (SSSR count). The van der Waals surface area contributed by atoms with Gasteiger partial charge in [-0.3, -0.25) is 0 Å². The average Bonchev–Trinajstić information content (AvgIpc) is 2.95. The molecule has 2 heterocycles. The van der Waals surface area contributed by atoms with E-state index in [0.717, 1.165) is 25.3 Å². The number of nitrogens with zero attached hydrogens (tertiary/aromatic N) is 3. The lowest BCUT2D eigenvalue weighted by Gasteiger charge is -2.26. The lowest BCUT2D eigenvalue weighted by Crippen LogP contribution is -2.31. The van der Waals surface area contributed by atoms with Gasteiger partial charge in [0.05, 0.1) is 12.2 Å². The summed E-state index contributed by atoms with van der Waals surface area (Å²) < 4.78 is 0. The zero-order chi connectivity index (χ0) is 12.6. The molecule has 0 aromatic carbocycles. The fraction of sp³-hybridized carbons (Fsp3) is 0.571. The summed E-state index contributed by atoms with van der Waals surface area (Å²) in [5.41, 5.74) is 0.685. The molecule has 2 fully saturated rings. The highest BCUT2D eigenvalue weighted by Gasteiger charge is 2.49. The third kappa shape index (κ3) is 1.67. The maximum Gasteiger partial charge on any atom is 0.128 e. The quantitative estimate of drug-likeness (QED) is 0.856. The van der Waals surface area contributed by atoms with Crippen LogP contribution >= 0.6 is 0 Å². The van der Waals surface area contributed by atoms with Crippen LogP contribution in [-0.2, 0) is 0 Å². The Kier molecular flexibility index (Phi) is 2.71. The monoisotopic (exact) mass is 243 g/mol. The van der Waals surface area contributed by atoms with E-state index in [1.807, 2.05) is 12.1 Å². The van der Waals surface area contributed by atoms with Gasteiger partial charge in [0, 0.05) is 24.7 Å². The van der Waals surface area contributed by atoms with Crippen molar-refractivity contribution in [1.29, 1.82) is 5.26 Å². The summed E-state index contributed by atoms with van der Waals surface area (Å²) in [5, 5.41) is 18.5. The number of anilines is 1. The van der Waals surface area contributed by atoms with E-state index in [9.17, 15) is 5.11 Å². The van der Waals surface area contributed by atoms with Gasteiger partial charge in [0.2, 0.25) is 0 Å². The molecule has 1 aromatic rings. The number of hydrogen-bond acceptors (Lipinski definition) is 4. The summed E-state index contributed by atoms with van der Waals surface area (Å²) in [7, 11) is 0. The first-order valence-corrected chi connectivity index (χ1v) is 6.49. The molecule has 0 radical (unpaired) electrons. The van der Waals surface area contributed by atoms with Crippen molar-refractivity contribution in [1.82, 2.24) is 4.98 Å². The molecule has 2 unspecified atom stereocenters. The third-order valence-corrected chi connectivity index (χ3v) is 4.56. The average molecular weight is 243 g/mol. The SMILES string of the molecule is N#Cc1ccc(N2CC3CCCC3(CO)C2)nc1. The van der Waals surface area contributed by atoms with E-state index >= 15 is 0 Å². The van der Waals surface area contributed by atoms with Crippen molar-refractivity contribution in [3.05, 3.63) is 23.9 Å². The number of hydrogen-bond donors (Lipinski definition) is 1. The van der Waals surface area contributed by atoms with Crippen molar-refractivity contribution in [2.75, 3.05) is 24.6 Å². The van der Waals surface area contributed by atoms with Crippen LogP contribution < -0.4 is 4.90 Å². The van der Waals surface area contributed by atoms with Gasteiger partial charge in [0.1, 0.15) is 11.9 Å². The summed E-state index contributed by atoms with van der Waals surface area (Å²) in [6, 6.07) is 5.80. The summed E-state index contributed by atoms with van der Waals surface area (Å²) in [6.07, 6.45) is 5.20. The second-order valence-corrected chi connectivity index (χ2v) is 5.51. The van der Waals surface area contributed by atoms with Gasteiger partial charge in [0.15, 0.2) is 0 Å². The largest absolute Gasteiger partial charge is 0.396 e. The minimum absolute atomic E-state index is 0.0928. The van der Waals surface area contributed by atoms with E-state index in [0.29, 0.717) is 11.5 Å². The number of aliphatic hydroxyl groups is 1. The Morgan fingerprint density at radius 1 is 1.56 bits per heavy atom. The lowest BCUT2D eigenvalue weighted by molar-refractivity contribution is 0.121. The Labute approximate surface area is 107 Å². The molecule has 1 saturated carbocycles. The molecule has 18 heavy (non-hydrogen) atoms. The van der Waals surface area contributed by atoms with Gasteiger partial charge in [0.25, 0.3) is 0 Å². The van der Waals surface area contributed by atoms with Crippen molar-refractivity contribution >= 4 is 5.82 Å². The molecule has 1 saturated heterocycles. The van der Waals surface area contributed by atoms with E-state index in [1.54, 1.807) is 6.20 Å². The zero-order valence-electron chi connectivity index (χ0n) is 10.3.